The van der Waals surface area contributed by atoms with Crippen molar-refractivity contribution in [1.29, 1.82) is 0 Å². The van der Waals surface area contributed by atoms with Crippen molar-refractivity contribution >= 4 is 24.9 Å². The molecule has 0 fully saturated rings. The van der Waals surface area contributed by atoms with Gasteiger partial charge in [-0.05, 0) is 21.2 Å². The molecule has 0 aromatic heterocycles. The molecule has 0 bridgehead atoms. The Morgan fingerprint density at radius 1 is 0.709 bits per heavy atom. The zero-order valence-electron chi connectivity index (χ0n) is 26.8. The van der Waals surface area contributed by atoms with Crippen LogP contribution in [-0.2, 0) is 29.2 Å². The van der Waals surface area contributed by atoms with E-state index in [-0.39, 0.29) is 0 Å². The van der Waals surface area contributed by atoms with E-state index in [1.165, 1.54) is 12.0 Å². The summed E-state index contributed by atoms with van der Waals surface area (Å²) in [7, 11) is -0.452. The van der Waals surface area contributed by atoms with Crippen molar-refractivity contribution in [3.8, 4) is 0 Å². The van der Waals surface area contributed by atoms with Gasteiger partial charge in [-0.25, -0.2) is 0 Å². The van der Waals surface area contributed by atoms with Crippen LogP contribution in [0.15, 0.2) is 36.5 Å². The van der Waals surface area contributed by atoms with Crippen LogP contribution in [0.4, 0.5) is 107 Å². The second kappa shape index (κ2) is 18.9. The molecule has 0 heterocycles. The minimum absolute atomic E-state index is 0.471. The smallest absolute Gasteiger partial charge is 0.315 e. The van der Waals surface area contributed by atoms with E-state index >= 15 is 0 Å². The molecular weight excluding hydrogens is 863 g/mol. The topological polar surface area (TPSA) is 66.5 Å². The van der Waals surface area contributed by atoms with Gasteiger partial charge in [0.05, 0.1) is 0 Å². The third-order valence-corrected chi connectivity index (χ3v) is 8.41. The van der Waals surface area contributed by atoms with Crippen molar-refractivity contribution in [3.05, 3.63) is 36.5 Å². The van der Waals surface area contributed by atoms with Crippen molar-refractivity contribution in [2.45, 2.75) is 80.9 Å². The van der Waals surface area contributed by atoms with E-state index in [1.807, 2.05) is 21.5 Å². The Balaban J connectivity index is 0. The fraction of sp³-hybridized carbons (Fsp3) is 0.625. The summed E-state index contributed by atoms with van der Waals surface area (Å²) in [4.78, 5) is 19.3. The number of halogens is 23. The Labute approximate surface area is 292 Å². The molecule has 55 heavy (non-hydrogen) atoms. The number of rotatable bonds is 14. The van der Waals surface area contributed by atoms with Crippen molar-refractivity contribution in [1.82, 2.24) is 0 Å². The molecule has 0 saturated heterocycles. The van der Waals surface area contributed by atoms with Crippen LogP contribution in [0, 0.1) is 0 Å². The summed E-state index contributed by atoms with van der Waals surface area (Å²) in [5, 5.41) is 1.02. The quantitative estimate of drug-likeness (QED) is 0.0803. The van der Waals surface area contributed by atoms with Crippen LogP contribution in [0.5, 0.6) is 0 Å². The first kappa shape index (κ1) is 53.9. The molecule has 1 rings (SSSR count). The molecule has 324 valence electrons. The summed E-state index contributed by atoms with van der Waals surface area (Å²) in [6.07, 6.45) is -51.2. The molecule has 1 aromatic rings. The maximum absolute atomic E-state index is 13.2. The average molecular weight is 885 g/mol. The lowest BCUT2D eigenvalue weighted by Crippen LogP contribution is -2.60. The first-order valence-electron chi connectivity index (χ1n) is 13.1. The Bertz CT molecular complexity index is 1370. The average Bonchev–Trinajstić information content (AvgIpc) is 3.00. The minimum Gasteiger partial charge on any atom is -0.315 e. The number of benzene rings is 1. The van der Waals surface area contributed by atoms with Crippen LogP contribution in [0.2, 0.25) is 13.1 Å². The molecule has 0 saturated carbocycles. The van der Waals surface area contributed by atoms with Gasteiger partial charge < -0.3 is 9.64 Å². The minimum atomic E-state index is -7.16. The summed E-state index contributed by atoms with van der Waals surface area (Å²) in [6.45, 7) is 4.71. The van der Waals surface area contributed by atoms with Gasteiger partial charge in [-0.3, -0.25) is 4.79 Å². The molecule has 1 unspecified atom stereocenters. The highest BCUT2D eigenvalue weighted by Crippen LogP contribution is 2.49. The van der Waals surface area contributed by atoms with Gasteiger partial charge in [-0.2, -0.15) is 102 Å². The van der Waals surface area contributed by atoms with Gasteiger partial charge in [0, 0.05) is 12.7 Å². The monoisotopic (exact) mass is 885 g/mol. The van der Waals surface area contributed by atoms with Gasteiger partial charge in [0.2, 0.25) is 5.91 Å². The van der Waals surface area contributed by atoms with E-state index < -0.39 is 88.4 Å². The van der Waals surface area contributed by atoms with Gasteiger partial charge in [-0.15, -0.1) is 16.5 Å². The predicted octanol–water partition coefficient (Wildman–Crippen LogP) is 10.1. The van der Waals surface area contributed by atoms with Gasteiger partial charge >= 0.3 is 55.0 Å². The van der Waals surface area contributed by atoms with Crippen LogP contribution >= 0.6 is 0 Å². The normalized spacial score (nSPS) is 14.9. The number of carbonyl (C=O) groups excluding carboxylic acids is 1. The number of anilines is 1. The van der Waals surface area contributed by atoms with Crippen LogP contribution in [0.3, 0.4) is 0 Å². The van der Waals surface area contributed by atoms with Crippen molar-refractivity contribution in [3.63, 3.8) is 0 Å². The van der Waals surface area contributed by atoms with Gasteiger partial charge in [0.15, 0.2) is 0 Å². The third kappa shape index (κ3) is 18.1. The van der Waals surface area contributed by atoms with Crippen molar-refractivity contribution in [2.24, 2.45) is 0 Å². The Morgan fingerprint density at radius 2 is 1.20 bits per heavy atom. The van der Waals surface area contributed by atoms with E-state index in [0.717, 1.165) is 10.1 Å². The molecule has 7 nitrogen and oxygen atoms in total. The fourth-order valence-corrected chi connectivity index (χ4v) is 3.94. The summed E-state index contributed by atoms with van der Waals surface area (Å²) in [5.41, 5.74) is 2.36. The highest BCUT2D eigenvalue weighted by molar-refractivity contribution is 6.93. The Morgan fingerprint density at radius 3 is 1.55 bits per heavy atom. The highest BCUT2D eigenvalue weighted by atomic mass is 28.3. The van der Waals surface area contributed by atoms with Gasteiger partial charge in [-0.1, -0.05) is 36.1 Å². The molecule has 1 aromatic carbocycles. The predicted molar refractivity (Wildman–Crippen MR) is 137 cm³/mol. The number of nitrogens with zero attached hydrogens (tertiary/aromatic N) is 1. The number of alkyl halides is 21. The summed E-state index contributed by atoms with van der Waals surface area (Å²) < 4.78 is 276. The lowest BCUT2D eigenvalue weighted by atomic mass is 10.2. The Kier molecular flexibility index (Phi) is 18.5. The molecule has 1 amide bonds. The Hall–Kier alpha value is -3.16. The van der Waals surface area contributed by atoms with Crippen LogP contribution in [0.1, 0.15) is 12.8 Å². The van der Waals surface area contributed by atoms with Crippen LogP contribution in [-0.4, -0.2) is 82.6 Å². The maximum Gasteiger partial charge on any atom is 0.480 e. The molecular formula is C24H22F23NO6Si. The van der Waals surface area contributed by atoms with Crippen LogP contribution < -0.4 is 10.1 Å². The number of hydrogen-bond donors (Lipinski definition) is 0. The van der Waals surface area contributed by atoms with E-state index in [9.17, 15) is 106 Å². The lowest BCUT2D eigenvalue weighted by molar-refractivity contribution is -0.614. The molecule has 1 atom stereocenters. The molecule has 0 aliphatic carbocycles. The highest BCUT2D eigenvalue weighted by Gasteiger charge is 2.78. The molecule has 0 aliphatic rings. The molecule has 31 heteroatoms. The van der Waals surface area contributed by atoms with Gasteiger partial charge in [0.25, 0.3) is 0 Å². The summed E-state index contributed by atoms with van der Waals surface area (Å²) >= 11 is 0. The second-order valence-electron chi connectivity index (χ2n) is 10.5. The standard InChI is InChI=1S/C14H18F3NOSi.C7H2F14O4.C3H2F6O/c1-5-20(3,4)12-8-6-7-11(9-12)18(2)13(19)10-14(15,16)17;8-2(9,10)1-22-5(15,16)3(11,4(12,13)14)24-25-7(19,20)6(17,18)23-21;4-2(5,6)1-3(7,8)10-9/h5-9H,1,10H2,2-4H3;1H2;1H2. The van der Waals surface area contributed by atoms with E-state index in [0.29, 0.717) is 5.69 Å². The maximum atomic E-state index is 13.2. The van der Waals surface area contributed by atoms with Crippen LogP contribution in [0.25, 0.3) is 0 Å². The number of ether oxygens (including phenoxy) is 1. The zero-order valence-corrected chi connectivity index (χ0v) is 27.8. The third-order valence-electron chi connectivity index (χ3n) is 5.59. The van der Waals surface area contributed by atoms with E-state index in [2.05, 4.69) is 24.4 Å². The number of amides is 1. The largest absolute Gasteiger partial charge is 0.480 e. The first-order valence-corrected chi connectivity index (χ1v) is 16.2. The SMILES string of the molecule is C=C[Si](C)(C)c1cccc(N(C)C(=O)CC(F)(F)F)c1.FOC(F)(F)C(F)(F)OOC(F)(C(F)(F)F)C(F)(F)OCC(F)(F)F.FOC(F)(F)CC(F)(F)F. The fourth-order valence-electron chi connectivity index (χ4n) is 2.66. The van der Waals surface area contributed by atoms with Gasteiger partial charge in [0.1, 0.15) is 27.5 Å². The zero-order chi connectivity index (χ0) is 44.5. The molecule has 0 aliphatic heterocycles. The molecule has 0 radical (unpaired) electrons. The summed E-state index contributed by atoms with van der Waals surface area (Å²) in [5.74, 6) is -7.91. The van der Waals surface area contributed by atoms with Crippen molar-refractivity contribution < 1.29 is 130 Å². The molecule has 0 N–H and O–H groups in total. The molecule has 0 spiro atoms. The lowest BCUT2D eigenvalue weighted by Gasteiger charge is -2.33. The number of hydrogen-bond acceptors (Lipinski definition) is 6. The summed E-state index contributed by atoms with van der Waals surface area (Å²) in [6, 6.07) is 7.06. The van der Waals surface area contributed by atoms with E-state index in [1.54, 1.807) is 23.1 Å². The number of carbonyl (C=O) groups is 1. The van der Waals surface area contributed by atoms with E-state index in [4.69, 9.17) is 0 Å². The first-order chi connectivity index (χ1) is 24.1. The second-order valence-corrected chi connectivity index (χ2v) is 14.9. The van der Waals surface area contributed by atoms with Crippen molar-refractivity contribution in [2.75, 3.05) is 18.6 Å².